The van der Waals surface area contributed by atoms with Crippen molar-refractivity contribution in [3.05, 3.63) is 35.0 Å². The average molecular weight is 388 g/mol. The predicted octanol–water partition coefficient (Wildman–Crippen LogP) is 3.51. The molecule has 1 aromatic heterocycles. The maximum atomic E-state index is 12.8. The van der Waals surface area contributed by atoms with E-state index in [-0.39, 0.29) is 11.3 Å². The lowest BCUT2D eigenvalue weighted by Gasteiger charge is -2.31. The summed E-state index contributed by atoms with van der Waals surface area (Å²) in [5, 5.41) is 7.05. The number of hydrogen-bond donors (Lipinski definition) is 2. The van der Waals surface area contributed by atoms with E-state index in [0.717, 1.165) is 35.0 Å². The van der Waals surface area contributed by atoms with E-state index in [1.165, 1.54) is 29.9 Å². The van der Waals surface area contributed by atoms with Gasteiger partial charge in [-0.15, -0.1) is 0 Å². The second-order valence-corrected chi connectivity index (χ2v) is 8.02. The first kappa shape index (κ1) is 18.1. The lowest BCUT2D eigenvalue weighted by molar-refractivity contribution is 0.0943. The number of carbonyl (C=O) groups is 1. The van der Waals surface area contributed by atoms with Gasteiger partial charge in [-0.2, -0.15) is 4.37 Å². The summed E-state index contributed by atoms with van der Waals surface area (Å²) in [5.74, 6) is 1.56. The standard InChI is InChI=1S/C20H25N3O3S/c1-13-17(19(21-2)27-23-13)18(24)22-12-20(7-3-4-8-20)14-5-6-15-16(11-14)26-10-9-25-15/h5-6,11,21H,3-4,7-10,12H2,1-2H3,(H,22,24). The fourth-order valence-electron chi connectivity index (χ4n) is 4.14. The van der Waals surface area contributed by atoms with E-state index in [0.29, 0.717) is 25.3 Å². The van der Waals surface area contributed by atoms with E-state index in [2.05, 4.69) is 27.1 Å². The Hall–Kier alpha value is -2.28. The maximum absolute atomic E-state index is 12.8. The highest BCUT2D eigenvalue weighted by Crippen LogP contribution is 2.44. The number of aryl methyl sites for hydroxylation is 1. The molecule has 2 aromatic rings. The summed E-state index contributed by atoms with van der Waals surface area (Å²) in [7, 11) is 1.82. The van der Waals surface area contributed by atoms with E-state index in [9.17, 15) is 4.79 Å². The van der Waals surface area contributed by atoms with Crippen LogP contribution in [0.1, 0.15) is 47.3 Å². The summed E-state index contributed by atoms with van der Waals surface area (Å²) in [6, 6.07) is 6.22. The van der Waals surface area contributed by atoms with Crippen molar-refractivity contribution in [3.63, 3.8) is 0 Å². The quantitative estimate of drug-likeness (QED) is 0.821. The molecule has 1 saturated carbocycles. The molecule has 4 rings (SSSR count). The van der Waals surface area contributed by atoms with Gasteiger partial charge in [-0.25, -0.2) is 0 Å². The van der Waals surface area contributed by atoms with Crippen LogP contribution in [0.25, 0.3) is 0 Å². The zero-order valence-corrected chi connectivity index (χ0v) is 16.6. The van der Waals surface area contributed by atoms with Crippen LogP contribution in [0.2, 0.25) is 0 Å². The Balaban J connectivity index is 1.56. The Morgan fingerprint density at radius 3 is 2.70 bits per heavy atom. The Labute approximate surface area is 163 Å². The largest absolute Gasteiger partial charge is 0.486 e. The molecule has 1 amide bonds. The number of nitrogens with one attached hydrogen (secondary N) is 2. The van der Waals surface area contributed by atoms with Gasteiger partial charge >= 0.3 is 0 Å². The molecule has 2 aliphatic rings. The molecule has 6 nitrogen and oxygen atoms in total. The fourth-order valence-corrected chi connectivity index (χ4v) is 4.88. The zero-order valence-electron chi connectivity index (χ0n) is 15.8. The molecular weight excluding hydrogens is 362 g/mol. The number of benzene rings is 1. The number of hydrogen-bond acceptors (Lipinski definition) is 6. The highest BCUT2D eigenvalue weighted by atomic mass is 32.1. The monoisotopic (exact) mass is 387 g/mol. The molecule has 0 unspecified atom stereocenters. The number of amides is 1. The SMILES string of the molecule is CNc1snc(C)c1C(=O)NCC1(c2ccc3c(c2)OCCO3)CCCC1. The lowest BCUT2D eigenvalue weighted by atomic mass is 9.78. The van der Waals surface area contributed by atoms with Crippen molar-refractivity contribution in [1.82, 2.24) is 9.69 Å². The molecule has 1 fully saturated rings. The Bertz CT molecular complexity index is 843. The van der Waals surface area contributed by atoms with Gasteiger partial charge in [-0.3, -0.25) is 4.79 Å². The van der Waals surface area contributed by atoms with Gasteiger partial charge in [-0.1, -0.05) is 18.9 Å². The zero-order chi connectivity index (χ0) is 18.9. The summed E-state index contributed by atoms with van der Waals surface area (Å²) >= 11 is 1.32. The van der Waals surface area contributed by atoms with Crippen LogP contribution in [0, 0.1) is 6.92 Å². The highest BCUT2D eigenvalue weighted by Gasteiger charge is 2.37. The first-order valence-corrected chi connectivity index (χ1v) is 10.2. The van der Waals surface area contributed by atoms with Crippen molar-refractivity contribution in [1.29, 1.82) is 0 Å². The molecule has 0 atom stereocenters. The molecule has 0 saturated heterocycles. The van der Waals surface area contributed by atoms with Crippen molar-refractivity contribution in [2.24, 2.45) is 0 Å². The van der Waals surface area contributed by atoms with Crippen LogP contribution >= 0.6 is 11.5 Å². The van der Waals surface area contributed by atoms with Gasteiger partial charge in [0.15, 0.2) is 11.5 Å². The summed E-state index contributed by atoms with van der Waals surface area (Å²) in [6.07, 6.45) is 4.47. The number of nitrogens with zero attached hydrogens (tertiary/aromatic N) is 1. The van der Waals surface area contributed by atoms with Crippen LogP contribution in [0.5, 0.6) is 11.5 Å². The van der Waals surface area contributed by atoms with Gasteiger partial charge in [0.2, 0.25) is 0 Å². The van der Waals surface area contributed by atoms with Gasteiger partial charge in [0.05, 0.1) is 11.3 Å². The summed E-state index contributed by atoms with van der Waals surface area (Å²) < 4.78 is 15.7. The molecular formula is C20H25N3O3S. The van der Waals surface area contributed by atoms with Gasteiger partial charge < -0.3 is 20.1 Å². The molecule has 1 aliphatic carbocycles. The fraction of sp³-hybridized carbons (Fsp3) is 0.500. The van der Waals surface area contributed by atoms with Gasteiger partial charge in [0.25, 0.3) is 5.91 Å². The first-order valence-electron chi connectivity index (χ1n) is 9.45. The minimum Gasteiger partial charge on any atom is -0.486 e. The third-order valence-corrected chi connectivity index (χ3v) is 6.58. The number of carbonyl (C=O) groups excluding carboxylic acids is 1. The van der Waals surface area contributed by atoms with Crippen LogP contribution in [-0.2, 0) is 5.41 Å². The highest BCUT2D eigenvalue weighted by molar-refractivity contribution is 7.10. The molecule has 0 spiro atoms. The molecule has 144 valence electrons. The minimum absolute atomic E-state index is 0.0529. The van der Waals surface area contributed by atoms with Crippen LogP contribution in [0.4, 0.5) is 5.00 Å². The molecule has 7 heteroatoms. The van der Waals surface area contributed by atoms with Crippen LogP contribution in [0.15, 0.2) is 18.2 Å². The normalized spacial score (nSPS) is 17.6. The third-order valence-electron chi connectivity index (χ3n) is 5.62. The summed E-state index contributed by atoms with van der Waals surface area (Å²) in [5.41, 5.74) is 2.58. The smallest absolute Gasteiger partial charge is 0.256 e. The number of rotatable bonds is 5. The summed E-state index contributed by atoms with van der Waals surface area (Å²) in [4.78, 5) is 12.8. The average Bonchev–Trinajstić information content (AvgIpc) is 3.33. The lowest BCUT2D eigenvalue weighted by Crippen LogP contribution is -2.39. The number of ether oxygens (including phenoxy) is 2. The summed E-state index contributed by atoms with van der Waals surface area (Å²) in [6.45, 7) is 3.66. The van der Waals surface area contributed by atoms with Crippen molar-refractivity contribution < 1.29 is 14.3 Å². The predicted molar refractivity (Wildman–Crippen MR) is 106 cm³/mol. The number of anilines is 1. The van der Waals surface area contributed by atoms with Crippen molar-refractivity contribution >= 4 is 22.4 Å². The number of aromatic nitrogens is 1. The van der Waals surface area contributed by atoms with Crippen LogP contribution in [0.3, 0.4) is 0 Å². The van der Waals surface area contributed by atoms with E-state index >= 15 is 0 Å². The van der Waals surface area contributed by atoms with E-state index < -0.39 is 0 Å². The second kappa shape index (κ2) is 7.38. The van der Waals surface area contributed by atoms with Crippen molar-refractivity contribution in [2.45, 2.75) is 38.0 Å². The van der Waals surface area contributed by atoms with Gasteiger partial charge in [0, 0.05) is 19.0 Å². The van der Waals surface area contributed by atoms with Crippen LogP contribution in [-0.4, -0.2) is 37.1 Å². The Morgan fingerprint density at radius 1 is 1.22 bits per heavy atom. The topological polar surface area (TPSA) is 72.5 Å². The number of fused-ring (bicyclic) bond motifs is 1. The Kier molecular flexibility index (Phi) is 4.95. The first-order chi connectivity index (χ1) is 13.1. The molecule has 1 aromatic carbocycles. The molecule has 27 heavy (non-hydrogen) atoms. The van der Waals surface area contributed by atoms with E-state index in [1.54, 1.807) is 0 Å². The molecule has 0 bridgehead atoms. The second-order valence-electron chi connectivity index (χ2n) is 7.25. The van der Waals surface area contributed by atoms with Crippen molar-refractivity contribution in [3.8, 4) is 11.5 Å². The van der Waals surface area contributed by atoms with E-state index in [4.69, 9.17) is 9.47 Å². The van der Waals surface area contributed by atoms with Gasteiger partial charge in [-0.05, 0) is 49.0 Å². The maximum Gasteiger partial charge on any atom is 0.256 e. The van der Waals surface area contributed by atoms with Crippen molar-refractivity contribution in [2.75, 3.05) is 32.1 Å². The van der Waals surface area contributed by atoms with Gasteiger partial charge in [0.1, 0.15) is 18.2 Å². The molecule has 1 aliphatic heterocycles. The van der Waals surface area contributed by atoms with E-state index in [1.807, 2.05) is 20.0 Å². The molecule has 0 radical (unpaired) electrons. The molecule has 2 heterocycles. The molecule has 2 N–H and O–H groups in total. The minimum atomic E-state index is -0.0607. The Morgan fingerprint density at radius 2 is 1.96 bits per heavy atom. The third kappa shape index (κ3) is 3.36. The van der Waals surface area contributed by atoms with Crippen LogP contribution < -0.4 is 20.1 Å².